The van der Waals surface area contributed by atoms with E-state index in [1.54, 1.807) is 11.0 Å². The minimum absolute atomic E-state index is 0.0106. The number of hydrogen-bond acceptors (Lipinski definition) is 5. The Labute approximate surface area is 124 Å². The first-order valence-corrected chi connectivity index (χ1v) is 7.42. The molecule has 0 bridgehead atoms. The minimum Gasteiger partial charge on any atom is -0.382 e. The topological polar surface area (TPSA) is 64.9 Å². The van der Waals surface area contributed by atoms with Crippen LogP contribution >= 0.6 is 0 Å². The number of hydrogen-bond donors (Lipinski definition) is 1. The van der Waals surface area contributed by atoms with Gasteiger partial charge in [0.2, 0.25) is 0 Å². The number of benzene rings is 1. The third-order valence-corrected chi connectivity index (χ3v) is 4.17. The molecule has 1 aliphatic rings. The molecule has 0 aliphatic carbocycles. The van der Waals surface area contributed by atoms with Gasteiger partial charge in [0.15, 0.2) is 0 Å². The number of anilines is 1. The van der Waals surface area contributed by atoms with E-state index in [1.165, 1.54) is 0 Å². The highest BCUT2D eigenvalue weighted by Gasteiger charge is 2.31. The highest BCUT2D eigenvalue weighted by molar-refractivity contribution is 5.51. The van der Waals surface area contributed by atoms with Crippen molar-refractivity contribution >= 4 is 5.69 Å². The van der Waals surface area contributed by atoms with Crippen molar-refractivity contribution in [3.63, 3.8) is 0 Å². The van der Waals surface area contributed by atoms with Gasteiger partial charge in [-0.3, -0.25) is 0 Å². The van der Waals surface area contributed by atoms with Crippen molar-refractivity contribution in [1.82, 2.24) is 20.2 Å². The average molecular weight is 287 g/mol. The van der Waals surface area contributed by atoms with Crippen LogP contribution in [0.5, 0.6) is 0 Å². The van der Waals surface area contributed by atoms with E-state index in [0.717, 1.165) is 37.2 Å². The van der Waals surface area contributed by atoms with E-state index in [2.05, 4.69) is 46.8 Å². The Morgan fingerprint density at radius 1 is 1.48 bits per heavy atom. The molecule has 1 aromatic heterocycles. The van der Waals surface area contributed by atoms with Gasteiger partial charge in [0, 0.05) is 18.3 Å². The van der Waals surface area contributed by atoms with Crippen LogP contribution < -0.4 is 5.32 Å². The van der Waals surface area contributed by atoms with Gasteiger partial charge in [0.05, 0.1) is 11.3 Å². The maximum Gasteiger partial charge on any atom is 0.143 e. The van der Waals surface area contributed by atoms with Gasteiger partial charge in [-0.15, -0.1) is 5.10 Å². The molecule has 0 saturated carbocycles. The Balaban J connectivity index is 1.72. The molecule has 6 nitrogen and oxygen atoms in total. The molecule has 0 amide bonds. The zero-order chi connectivity index (χ0) is 14.7. The smallest absolute Gasteiger partial charge is 0.143 e. The lowest BCUT2D eigenvalue weighted by Crippen LogP contribution is -2.41. The fraction of sp³-hybridized carbons (Fsp3) is 0.533. The molecule has 2 aromatic rings. The molecule has 1 aliphatic heterocycles. The molecule has 1 N–H and O–H groups in total. The number of ether oxygens (including phenoxy) is 1. The first kappa shape index (κ1) is 14.0. The van der Waals surface area contributed by atoms with Crippen molar-refractivity contribution < 1.29 is 4.74 Å². The molecular weight excluding hydrogens is 266 g/mol. The lowest BCUT2D eigenvalue weighted by molar-refractivity contribution is -0.0708. The first-order chi connectivity index (χ1) is 10.2. The van der Waals surface area contributed by atoms with Gasteiger partial charge >= 0.3 is 0 Å². The summed E-state index contributed by atoms with van der Waals surface area (Å²) in [5, 5.41) is 14.9. The molecule has 2 heterocycles. The number of nitrogens with zero attached hydrogens (tertiary/aromatic N) is 4. The molecule has 0 radical (unpaired) electrons. The number of nitrogens with one attached hydrogen (secondary N) is 1. The van der Waals surface area contributed by atoms with Gasteiger partial charge < -0.3 is 10.1 Å². The van der Waals surface area contributed by atoms with Gasteiger partial charge in [0.25, 0.3) is 0 Å². The van der Waals surface area contributed by atoms with Crippen LogP contribution in [0.3, 0.4) is 0 Å². The molecule has 0 spiro atoms. The standard InChI is InChI=1S/C15H21N5O/c1-3-15(2)10-13(7-8-21-15)17-12-5-4-6-14(9-12)20-11-16-18-19-20/h4-6,9,11,13,17H,3,7-8,10H2,1-2H3. The van der Waals surface area contributed by atoms with E-state index in [1.807, 2.05) is 12.1 Å². The molecule has 21 heavy (non-hydrogen) atoms. The predicted molar refractivity (Wildman–Crippen MR) is 80.4 cm³/mol. The Morgan fingerprint density at radius 2 is 2.38 bits per heavy atom. The zero-order valence-electron chi connectivity index (χ0n) is 12.5. The summed E-state index contributed by atoms with van der Waals surface area (Å²) >= 11 is 0. The van der Waals surface area contributed by atoms with Crippen molar-refractivity contribution in [2.45, 2.75) is 44.8 Å². The van der Waals surface area contributed by atoms with Crippen molar-refractivity contribution in [3.8, 4) is 5.69 Å². The second-order valence-electron chi connectivity index (χ2n) is 5.79. The van der Waals surface area contributed by atoms with Crippen molar-refractivity contribution in [3.05, 3.63) is 30.6 Å². The lowest BCUT2D eigenvalue weighted by atomic mass is 9.90. The minimum atomic E-state index is -0.0106. The second kappa shape index (κ2) is 5.81. The Bertz CT molecular complexity index is 586. The summed E-state index contributed by atoms with van der Waals surface area (Å²) in [4.78, 5) is 0. The quantitative estimate of drug-likeness (QED) is 0.935. The van der Waals surface area contributed by atoms with E-state index in [9.17, 15) is 0 Å². The molecule has 1 aromatic carbocycles. The summed E-state index contributed by atoms with van der Waals surface area (Å²) in [5.74, 6) is 0. The Hall–Kier alpha value is -1.95. The first-order valence-electron chi connectivity index (χ1n) is 7.42. The fourth-order valence-electron chi connectivity index (χ4n) is 2.75. The third-order valence-electron chi connectivity index (χ3n) is 4.17. The van der Waals surface area contributed by atoms with E-state index < -0.39 is 0 Å². The molecule has 1 saturated heterocycles. The third kappa shape index (κ3) is 3.21. The summed E-state index contributed by atoms with van der Waals surface area (Å²) in [6.45, 7) is 5.19. The molecule has 1 fully saturated rings. The van der Waals surface area contributed by atoms with Gasteiger partial charge in [-0.2, -0.15) is 0 Å². The van der Waals surface area contributed by atoms with Crippen LogP contribution in [0, 0.1) is 0 Å². The molecule has 3 rings (SSSR count). The summed E-state index contributed by atoms with van der Waals surface area (Å²) in [5.41, 5.74) is 2.03. The highest BCUT2D eigenvalue weighted by atomic mass is 16.5. The molecule has 6 heteroatoms. The zero-order valence-corrected chi connectivity index (χ0v) is 12.5. The van der Waals surface area contributed by atoms with Crippen molar-refractivity contribution in [2.24, 2.45) is 0 Å². The summed E-state index contributed by atoms with van der Waals surface area (Å²) < 4.78 is 7.55. The lowest BCUT2D eigenvalue weighted by Gasteiger charge is -2.38. The maximum absolute atomic E-state index is 5.89. The van der Waals surface area contributed by atoms with Crippen LogP contribution in [-0.2, 0) is 4.74 Å². The molecular formula is C15H21N5O. The molecule has 2 unspecified atom stereocenters. The van der Waals surface area contributed by atoms with Crippen molar-refractivity contribution in [2.75, 3.05) is 11.9 Å². The highest BCUT2D eigenvalue weighted by Crippen LogP contribution is 2.29. The second-order valence-corrected chi connectivity index (χ2v) is 5.79. The van der Waals surface area contributed by atoms with Crippen LogP contribution in [0.2, 0.25) is 0 Å². The molecule has 2 atom stereocenters. The Kier molecular flexibility index (Phi) is 3.88. The normalized spacial score (nSPS) is 25.7. The predicted octanol–water partition coefficient (Wildman–Crippen LogP) is 2.42. The van der Waals surface area contributed by atoms with E-state index in [4.69, 9.17) is 4.74 Å². The SMILES string of the molecule is CCC1(C)CC(Nc2cccc(-n3cnnn3)c2)CCO1. The number of aromatic nitrogens is 4. The summed E-state index contributed by atoms with van der Waals surface area (Å²) in [7, 11) is 0. The van der Waals surface area contributed by atoms with Gasteiger partial charge in [-0.05, 0) is 54.8 Å². The summed E-state index contributed by atoms with van der Waals surface area (Å²) in [6, 6.07) is 8.58. The van der Waals surface area contributed by atoms with Crippen LogP contribution in [0.1, 0.15) is 33.1 Å². The largest absolute Gasteiger partial charge is 0.382 e. The van der Waals surface area contributed by atoms with Crippen LogP contribution in [0.15, 0.2) is 30.6 Å². The van der Waals surface area contributed by atoms with Gasteiger partial charge in [-0.25, -0.2) is 4.68 Å². The average Bonchev–Trinajstić information content (AvgIpc) is 3.02. The van der Waals surface area contributed by atoms with E-state index in [-0.39, 0.29) is 5.60 Å². The van der Waals surface area contributed by atoms with E-state index >= 15 is 0 Å². The van der Waals surface area contributed by atoms with Crippen molar-refractivity contribution in [1.29, 1.82) is 0 Å². The monoisotopic (exact) mass is 287 g/mol. The Morgan fingerprint density at radius 3 is 3.14 bits per heavy atom. The van der Waals surface area contributed by atoms with Crippen LogP contribution in [0.25, 0.3) is 5.69 Å². The fourth-order valence-corrected chi connectivity index (χ4v) is 2.75. The van der Waals surface area contributed by atoms with Crippen LogP contribution in [0.4, 0.5) is 5.69 Å². The summed E-state index contributed by atoms with van der Waals surface area (Å²) in [6.07, 6.45) is 4.70. The van der Waals surface area contributed by atoms with Gasteiger partial charge in [0.1, 0.15) is 6.33 Å². The number of tetrazole rings is 1. The van der Waals surface area contributed by atoms with E-state index in [0.29, 0.717) is 6.04 Å². The number of rotatable bonds is 4. The maximum atomic E-state index is 5.89. The van der Waals surface area contributed by atoms with Crippen LogP contribution in [-0.4, -0.2) is 38.5 Å². The van der Waals surface area contributed by atoms with Gasteiger partial charge in [-0.1, -0.05) is 13.0 Å². The molecule has 112 valence electrons.